The van der Waals surface area contributed by atoms with Gasteiger partial charge in [0.1, 0.15) is 5.72 Å². The summed E-state index contributed by atoms with van der Waals surface area (Å²) < 4.78 is 5.63. The van der Waals surface area contributed by atoms with Gasteiger partial charge in [0.15, 0.2) is 0 Å². The van der Waals surface area contributed by atoms with E-state index in [2.05, 4.69) is 10.6 Å². The lowest BCUT2D eigenvalue weighted by Gasteiger charge is -2.32. The predicted molar refractivity (Wildman–Crippen MR) is 50.1 cm³/mol. The van der Waals surface area contributed by atoms with Gasteiger partial charge in [0.05, 0.1) is 6.61 Å². The van der Waals surface area contributed by atoms with Crippen LogP contribution in [0.15, 0.2) is 0 Å². The van der Waals surface area contributed by atoms with Crippen LogP contribution in [0.2, 0.25) is 0 Å². The second kappa shape index (κ2) is 4.80. The molecule has 0 unspecified atom stereocenters. The van der Waals surface area contributed by atoms with Crippen LogP contribution in [-0.4, -0.2) is 32.0 Å². The molecule has 3 heteroatoms. The van der Waals surface area contributed by atoms with E-state index in [1.807, 2.05) is 13.8 Å². The van der Waals surface area contributed by atoms with E-state index in [4.69, 9.17) is 4.74 Å². The Morgan fingerprint density at radius 3 is 2.25 bits per heavy atom. The van der Waals surface area contributed by atoms with Gasteiger partial charge in [-0.2, -0.15) is 0 Å². The average Bonchev–Trinajstić information content (AvgIpc) is 2.58. The molecule has 2 aliphatic rings. The maximum Gasteiger partial charge on any atom is 0.121 e. The lowest BCUT2D eigenvalue weighted by atomic mass is 10.0. The van der Waals surface area contributed by atoms with Gasteiger partial charge in [-0.25, -0.2) is 0 Å². The summed E-state index contributed by atoms with van der Waals surface area (Å²) in [5, 5.41) is 6.73. The van der Waals surface area contributed by atoms with Gasteiger partial charge < -0.3 is 10.1 Å². The van der Waals surface area contributed by atoms with Crippen molar-refractivity contribution in [3.63, 3.8) is 0 Å². The Balaban J connectivity index is 0.000000336. The van der Waals surface area contributed by atoms with Gasteiger partial charge in [0.2, 0.25) is 0 Å². The minimum atomic E-state index is 0.0608. The van der Waals surface area contributed by atoms with Gasteiger partial charge in [-0.15, -0.1) is 0 Å². The molecule has 2 saturated heterocycles. The topological polar surface area (TPSA) is 33.3 Å². The van der Waals surface area contributed by atoms with E-state index >= 15 is 0 Å². The number of nitrogens with one attached hydrogen (secondary N) is 2. The molecule has 0 aromatic rings. The second-order valence-corrected chi connectivity index (χ2v) is 3.02. The number of rotatable bonds is 0. The van der Waals surface area contributed by atoms with Crippen molar-refractivity contribution >= 4 is 0 Å². The third kappa shape index (κ3) is 2.19. The van der Waals surface area contributed by atoms with Crippen LogP contribution in [0.5, 0.6) is 0 Å². The Hall–Kier alpha value is -0.120. The van der Waals surface area contributed by atoms with Crippen LogP contribution in [0.1, 0.15) is 26.7 Å². The van der Waals surface area contributed by atoms with Crippen LogP contribution < -0.4 is 10.6 Å². The lowest BCUT2D eigenvalue weighted by Crippen LogP contribution is -2.49. The molecule has 2 rings (SSSR count). The quantitative estimate of drug-likeness (QED) is 0.564. The molecule has 0 bridgehead atoms. The number of hydrogen-bond donors (Lipinski definition) is 2. The Bertz CT molecular complexity index is 114. The highest BCUT2D eigenvalue weighted by Gasteiger charge is 2.35. The first-order chi connectivity index (χ1) is 5.91. The maximum absolute atomic E-state index is 5.63. The van der Waals surface area contributed by atoms with Crippen molar-refractivity contribution in [2.45, 2.75) is 32.4 Å². The van der Waals surface area contributed by atoms with E-state index in [9.17, 15) is 0 Å². The maximum atomic E-state index is 5.63. The first-order valence-electron chi connectivity index (χ1n) is 5.01. The second-order valence-electron chi connectivity index (χ2n) is 3.02. The first-order valence-corrected chi connectivity index (χ1v) is 5.01. The fourth-order valence-electron chi connectivity index (χ4n) is 1.73. The first kappa shape index (κ1) is 9.96. The molecule has 0 aromatic heterocycles. The van der Waals surface area contributed by atoms with Crippen molar-refractivity contribution in [1.29, 1.82) is 0 Å². The fraction of sp³-hybridized carbons (Fsp3) is 1.00. The molecule has 3 nitrogen and oxygen atoms in total. The van der Waals surface area contributed by atoms with Crippen molar-refractivity contribution in [3.05, 3.63) is 0 Å². The van der Waals surface area contributed by atoms with E-state index in [0.29, 0.717) is 0 Å². The molecule has 1 spiro atoms. The molecule has 12 heavy (non-hydrogen) atoms. The minimum absolute atomic E-state index is 0.0608. The highest BCUT2D eigenvalue weighted by atomic mass is 16.5. The van der Waals surface area contributed by atoms with Crippen LogP contribution in [0.3, 0.4) is 0 Å². The zero-order valence-electron chi connectivity index (χ0n) is 8.15. The van der Waals surface area contributed by atoms with E-state index in [0.717, 1.165) is 39.1 Å². The van der Waals surface area contributed by atoms with Gasteiger partial charge in [-0.1, -0.05) is 13.8 Å². The van der Waals surface area contributed by atoms with E-state index in [-0.39, 0.29) is 5.72 Å². The SMILES string of the molecule is C1CC2(CCN1)NCCO2.CC. The molecule has 0 aliphatic carbocycles. The zero-order valence-corrected chi connectivity index (χ0v) is 8.15. The van der Waals surface area contributed by atoms with Crippen molar-refractivity contribution < 1.29 is 4.74 Å². The van der Waals surface area contributed by atoms with Crippen molar-refractivity contribution in [2.24, 2.45) is 0 Å². The van der Waals surface area contributed by atoms with Crippen LogP contribution in [0, 0.1) is 0 Å². The third-order valence-electron chi connectivity index (χ3n) is 2.34. The van der Waals surface area contributed by atoms with Crippen molar-refractivity contribution in [3.8, 4) is 0 Å². The normalized spacial score (nSPS) is 26.5. The highest BCUT2D eigenvalue weighted by molar-refractivity contribution is 4.87. The zero-order chi connectivity index (χ0) is 8.86. The highest BCUT2D eigenvalue weighted by Crippen LogP contribution is 2.22. The Kier molecular flexibility index (Phi) is 3.98. The summed E-state index contributed by atoms with van der Waals surface area (Å²) in [6.45, 7) is 8.10. The summed E-state index contributed by atoms with van der Waals surface area (Å²) in [6, 6.07) is 0. The molecule has 0 atom stereocenters. The van der Waals surface area contributed by atoms with E-state index < -0.39 is 0 Å². The van der Waals surface area contributed by atoms with Crippen LogP contribution in [0.4, 0.5) is 0 Å². The molecule has 0 saturated carbocycles. The van der Waals surface area contributed by atoms with Gasteiger partial charge in [0.25, 0.3) is 0 Å². The Morgan fingerprint density at radius 1 is 1.08 bits per heavy atom. The standard InChI is InChI=1S/C7H14N2O.C2H6/c1-3-8-4-2-7(1)9-5-6-10-7;1-2/h8-9H,1-6H2;1-2H3. The smallest absolute Gasteiger partial charge is 0.121 e. The molecule has 2 aliphatic heterocycles. The summed E-state index contributed by atoms with van der Waals surface area (Å²) in [4.78, 5) is 0. The van der Waals surface area contributed by atoms with Crippen LogP contribution in [0.25, 0.3) is 0 Å². The summed E-state index contributed by atoms with van der Waals surface area (Å²) >= 11 is 0. The number of hydrogen-bond acceptors (Lipinski definition) is 3. The molecule has 2 N–H and O–H groups in total. The van der Waals surface area contributed by atoms with Gasteiger partial charge >= 0.3 is 0 Å². The summed E-state index contributed by atoms with van der Waals surface area (Å²) in [5.41, 5.74) is 0.0608. The molecular formula is C9H20N2O. The molecule has 0 radical (unpaired) electrons. The van der Waals surface area contributed by atoms with E-state index in [1.54, 1.807) is 0 Å². The molecule has 0 aromatic carbocycles. The molecular weight excluding hydrogens is 152 g/mol. The summed E-state index contributed by atoms with van der Waals surface area (Å²) in [5.74, 6) is 0. The lowest BCUT2D eigenvalue weighted by molar-refractivity contribution is -0.0331. The Morgan fingerprint density at radius 2 is 1.75 bits per heavy atom. The average molecular weight is 172 g/mol. The molecule has 72 valence electrons. The molecule has 2 heterocycles. The van der Waals surface area contributed by atoms with Crippen LogP contribution >= 0.6 is 0 Å². The minimum Gasteiger partial charge on any atom is -0.359 e. The number of piperidine rings is 1. The van der Waals surface area contributed by atoms with Gasteiger partial charge in [0, 0.05) is 19.4 Å². The largest absolute Gasteiger partial charge is 0.359 e. The summed E-state index contributed by atoms with van der Waals surface area (Å²) in [7, 11) is 0. The van der Waals surface area contributed by atoms with Crippen LogP contribution in [-0.2, 0) is 4.74 Å². The fourth-order valence-corrected chi connectivity index (χ4v) is 1.73. The van der Waals surface area contributed by atoms with Crippen molar-refractivity contribution in [2.75, 3.05) is 26.2 Å². The third-order valence-corrected chi connectivity index (χ3v) is 2.34. The van der Waals surface area contributed by atoms with Gasteiger partial charge in [-0.3, -0.25) is 5.32 Å². The predicted octanol–water partition coefficient (Wildman–Crippen LogP) is 0.712. The van der Waals surface area contributed by atoms with E-state index in [1.165, 1.54) is 0 Å². The molecule has 0 amide bonds. The van der Waals surface area contributed by atoms with Crippen molar-refractivity contribution in [1.82, 2.24) is 10.6 Å². The summed E-state index contributed by atoms with van der Waals surface area (Å²) in [6.07, 6.45) is 2.24. The monoisotopic (exact) mass is 172 g/mol. The number of ether oxygens (including phenoxy) is 1. The van der Waals surface area contributed by atoms with Gasteiger partial charge in [-0.05, 0) is 13.1 Å². The Labute approximate surface area is 74.9 Å². The molecule has 2 fully saturated rings.